The molecule has 0 N–H and O–H groups in total. The number of methoxy groups -OCH3 is 1. The molecule has 0 aromatic heterocycles. The second kappa shape index (κ2) is 7.25. The van der Waals surface area contributed by atoms with Crippen LogP contribution in [0.25, 0.3) is 0 Å². The van der Waals surface area contributed by atoms with Crippen LogP contribution in [-0.4, -0.2) is 24.6 Å². The Hall–Kier alpha value is -2.75. The third kappa shape index (κ3) is 3.52. The number of Topliss-reactive ketones (excluding diaryl/α,β-unsaturated/α-hetero) is 2. The number of ketones is 2. The zero-order valence-corrected chi connectivity index (χ0v) is 18.0. The van der Waals surface area contributed by atoms with E-state index in [4.69, 9.17) is 0 Å². The molecule has 4 nitrogen and oxygen atoms in total. The zero-order chi connectivity index (χ0) is 21.6. The minimum Gasteiger partial charge on any atom is -0.465 e. The fourth-order valence-electron chi connectivity index (χ4n) is 4.44. The molecule has 3 rings (SSSR count). The largest absolute Gasteiger partial charge is 0.465 e. The van der Waals surface area contributed by atoms with Crippen molar-refractivity contribution < 1.29 is 19.1 Å². The molecular formula is C25H28O4. The Kier molecular flexibility index (Phi) is 5.24. The first kappa shape index (κ1) is 21.0. The maximum atomic E-state index is 12.8. The highest BCUT2D eigenvalue weighted by atomic mass is 16.5. The van der Waals surface area contributed by atoms with E-state index in [1.165, 1.54) is 30.4 Å². The summed E-state index contributed by atoms with van der Waals surface area (Å²) < 4.78 is 4.66. The molecule has 152 valence electrons. The molecule has 0 spiro atoms. The molecule has 0 aliphatic heterocycles. The van der Waals surface area contributed by atoms with Gasteiger partial charge in [0.25, 0.3) is 0 Å². The number of ether oxygens (including phenoxy) is 1. The summed E-state index contributed by atoms with van der Waals surface area (Å²) in [5, 5.41) is 0. The van der Waals surface area contributed by atoms with Crippen LogP contribution in [0.5, 0.6) is 0 Å². The fourth-order valence-corrected chi connectivity index (χ4v) is 4.44. The Morgan fingerprint density at radius 1 is 0.793 bits per heavy atom. The molecule has 0 heterocycles. The van der Waals surface area contributed by atoms with Crippen LogP contribution in [0.4, 0.5) is 0 Å². The van der Waals surface area contributed by atoms with Crippen molar-refractivity contribution in [1.29, 1.82) is 0 Å². The predicted molar refractivity (Wildman–Crippen MR) is 113 cm³/mol. The molecule has 0 saturated carbocycles. The van der Waals surface area contributed by atoms with E-state index in [0.29, 0.717) is 22.6 Å². The van der Waals surface area contributed by atoms with Crippen molar-refractivity contribution in [2.24, 2.45) is 5.92 Å². The molecule has 1 aliphatic carbocycles. The van der Waals surface area contributed by atoms with E-state index in [-0.39, 0.29) is 28.8 Å². The van der Waals surface area contributed by atoms with Gasteiger partial charge in [0.05, 0.1) is 19.1 Å². The van der Waals surface area contributed by atoms with E-state index in [0.717, 1.165) is 0 Å². The van der Waals surface area contributed by atoms with Gasteiger partial charge in [0.2, 0.25) is 0 Å². The number of rotatable bonds is 5. The van der Waals surface area contributed by atoms with Crippen molar-refractivity contribution in [1.82, 2.24) is 0 Å². The Labute approximate surface area is 172 Å². The molecule has 1 unspecified atom stereocenters. The molecule has 0 radical (unpaired) electrons. The van der Waals surface area contributed by atoms with Gasteiger partial charge in [-0.05, 0) is 46.1 Å². The second-order valence-electron chi connectivity index (χ2n) is 9.02. The van der Waals surface area contributed by atoms with Gasteiger partial charge in [0, 0.05) is 11.1 Å². The van der Waals surface area contributed by atoms with Crippen molar-refractivity contribution in [2.75, 3.05) is 7.11 Å². The predicted octanol–water partition coefficient (Wildman–Crippen LogP) is 5.13. The summed E-state index contributed by atoms with van der Waals surface area (Å²) in [5.74, 6) is -0.480. The number of benzene rings is 2. The van der Waals surface area contributed by atoms with Crippen LogP contribution < -0.4 is 0 Å². The minimum absolute atomic E-state index is 0.0388. The highest BCUT2D eigenvalue weighted by molar-refractivity contribution is 6.13. The van der Waals surface area contributed by atoms with Crippen molar-refractivity contribution in [3.63, 3.8) is 0 Å². The van der Waals surface area contributed by atoms with Crippen molar-refractivity contribution >= 4 is 17.5 Å². The van der Waals surface area contributed by atoms with Crippen LogP contribution in [0.3, 0.4) is 0 Å². The van der Waals surface area contributed by atoms with Gasteiger partial charge >= 0.3 is 5.97 Å². The summed E-state index contributed by atoms with van der Waals surface area (Å²) in [6, 6.07) is 12.0. The summed E-state index contributed by atoms with van der Waals surface area (Å²) >= 11 is 0. The summed E-state index contributed by atoms with van der Waals surface area (Å²) in [6.45, 7) is 11.2. The number of hydrogen-bond acceptors (Lipinski definition) is 4. The maximum absolute atomic E-state index is 12.8. The average molecular weight is 392 g/mol. The molecule has 0 fully saturated rings. The third-order valence-corrected chi connectivity index (χ3v) is 6.84. The van der Waals surface area contributed by atoms with E-state index in [2.05, 4.69) is 39.4 Å². The lowest BCUT2D eigenvalue weighted by Gasteiger charge is -2.32. The maximum Gasteiger partial charge on any atom is 0.337 e. The molecule has 1 aliphatic rings. The summed E-state index contributed by atoms with van der Waals surface area (Å²) in [7, 11) is 1.31. The van der Waals surface area contributed by atoms with Gasteiger partial charge in [-0.25, -0.2) is 4.79 Å². The fraction of sp³-hybridized carbons (Fsp3) is 0.400. The zero-order valence-electron chi connectivity index (χ0n) is 18.0. The standard InChI is InChI=1S/C25H28O4/c1-15-24(2,3)19-12-11-18(13-20(19)25(15,4)5)22(27)14-21(26)16-7-9-17(10-8-16)23(28)29-6/h7-13,15H,14H2,1-6H3. The Morgan fingerprint density at radius 3 is 1.86 bits per heavy atom. The van der Waals surface area contributed by atoms with Crippen LogP contribution in [-0.2, 0) is 15.6 Å². The Morgan fingerprint density at radius 2 is 1.28 bits per heavy atom. The molecule has 2 aromatic carbocycles. The number of carbonyl (C=O) groups is 3. The summed E-state index contributed by atoms with van der Waals surface area (Å²) in [4.78, 5) is 36.9. The molecule has 2 aromatic rings. The lowest BCUT2D eigenvalue weighted by atomic mass is 9.71. The molecule has 29 heavy (non-hydrogen) atoms. The number of carbonyl (C=O) groups excluding carboxylic acids is 3. The van der Waals surface area contributed by atoms with Gasteiger partial charge < -0.3 is 4.74 Å². The van der Waals surface area contributed by atoms with Crippen LogP contribution in [0.2, 0.25) is 0 Å². The quantitative estimate of drug-likeness (QED) is 0.402. The second-order valence-corrected chi connectivity index (χ2v) is 9.02. The van der Waals surface area contributed by atoms with Gasteiger partial charge in [0.15, 0.2) is 11.6 Å². The molecule has 0 bridgehead atoms. The molecule has 0 amide bonds. The van der Waals surface area contributed by atoms with Gasteiger partial charge in [-0.3, -0.25) is 9.59 Å². The minimum atomic E-state index is -0.460. The van der Waals surface area contributed by atoms with E-state index in [9.17, 15) is 14.4 Å². The lowest BCUT2D eigenvalue weighted by molar-refractivity contribution is 0.0600. The molecule has 4 heteroatoms. The number of fused-ring (bicyclic) bond motifs is 1. The highest BCUT2D eigenvalue weighted by Crippen LogP contribution is 2.53. The van der Waals surface area contributed by atoms with Crippen molar-refractivity contribution in [3.05, 3.63) is 70.3 Å². The number of esters is 1. The first-order chi connectivity index (χ1) is 13.5. The number of hydrogen-bond donors (Lipinski definition) is 0. The van der Waals surface area contributed by atoms with Crippen LogP contribution in [0, 0.1) is 5.92 Å². The van der Waals surface area contributed by atoms with Gasteiger partial charge in [0.1, 0.15) is 0 Å². The van der Waals surface area contributed by atoms with Crippen molar-refractivity contribution in [2.45, 2.75) is 51.9 Å². The smallest absolute Gasteiger partial charge is 0.337 e. The molecule has 1 atom stereocenters. The van der Waals surface area contributed by atoms with E-state index in [1.807, 2.05) is 18.2 Å². The SMILES string of the molecule is COC(=O)c1ccc(C(=O)CC(=O)c2ccc3c(c2)C(C)(C)C(C)C3(C)C)cc1. The Bertz CT molecular complexity index is 980. The first-order valence-electron chi connectivity index (χ1n) is 9.90. The van der Waals surface area contributed by atoms with Gasteiger partial charge in [-0.1, -0.05) is 58.9 Å². The Balaban J connectivity index is 1.81. The van der Waals surface area contributed by atoms with E-state index >= 15 is 0 Å². The third-order valence-electron chi connectivity index (χ3n) is 6.84. The van der Waals surface area contributed by atoms with Gasteiger partial charge in [-0.2, -0.15) is 0 Å². The first-order valence-corrected chi connectivity index (χ1v) is 9.90. The highest BCUT2D eigenvalue weighted by Gasteiger charge is 2.48. The lowest BCUT2D eigenvalue weighted by Crippen LogP contribution is -2.30. The average Bonchev–Trinajstić information content (AvgIpc) is 2.84. The van der Waals surface area contributed by atoms with E-state index in [1.54, 1.807) is 12.1 Å². The summed E-state index contributed by atoms with van der Waals surface area (Å²) in [6.07, 6.45) is -0.199. The van der Waals surface area contributed by atoms with Crippen LogP contribution >= 0.6 is 0 Å². The van der Waals surface area contributed by atoms with Gasteiger partial charge in [-0.15, -0.1) is 0 Å². The molecule has 0 saturated heterocycles. The molecular weight excluding hydrogens is 364 g/mol. The van der Waals surface area contributed by atoms with Crippen LogP contribution in [0.1, 0.15) is 83.2 Å². The van der Waals surface area contributed by atoms with E-state index < -0.39 is 5.97 Å². The normalized spacial score (nSPS) is 18.8. The summed E-state index contributed by atoms with van der Waals surface area (Å²) in [5.41, 5.74) is 3.81. The van der Waals surface area contributed by atoms with Crippen LogP contribution in [0.15, 0.2) is 42.5 Å². The van der Waals surface area contributed by atoms with Crippen molar-refractivity contribution in [3.8, 4) is 0 Å². The topological polar surface area (TPSA) is 60.4 Å². The monoisotopic (exact) mass is 392 g/mol.